The van der Waals surface area contributed by atoms with Gasteiger partial charge in [0.15, 0.2) is 0 Å². The fraction of sp³-hybridized carbons (Fsp3) is 0.636. The van der Waals surface area contributed by atoms with Gasteiger partial charge in [0, 0.05) is 5.92 Å². The number of hydrogen-bond acceptors (Lipinski definition) is 5. The van der Waals surface area contributed by atoms with E-state index < -0.39 is 29.7 Å². The molecule has 9 heteroatoms. The number of ether oxygens (including phenoxy) is 3. The van der Waals surface area contributed by atoms with Crippen molar-refractivity contribution in [2.24, 2.45) is 5.92 Å². The van der Waals surface area contributed by atoms with Gasteiger partial charge < -0.3 is 24.3 Å². The molecule has 0 unspecified atom stereocenters. The molecule has 0 heterocycles. The number of amides is 1. The molecule has 0 aliphatic heterocycles. The van der Waals surface area contributed by atoms with Crippen LogP contribution in [0.2, 0.25) is 0 Å². The van der Waals surface area contributed by atoms with Crippen LogP contribution in [0.4, 0.5) is 18.0 Å². The molecule has 0 saturated carbocycles. The summed E-state index contributed by atoms with van der Waals surface area (Å²) in [5.41, 5.74) is -1.25. The Morgan fingerprint density at radius 3 is 2.03 bits per heavy atom. The molecule has 1 N–H and O–H groups in total. The van der Waals surface area contributed by atoms with Crippen LogP contribution >= 0.6 is 0 Å². The Morgan fingerprint density at radius 1 is 1.06 bits per heavy atom. The second kappa shape index (κ2) is 10.3. The SMILES string of the molecule is CC(C)[C@@H](c1ccc(OC(F)(F)F)cc1)[C@H](C)OC[C@](C)(C=O)NC(=O)OC(C)(C)C. The largest absolute Gasteiger partial charge is 0.573 e. The number of alkyl halides is 3. The summed E-state index contributed by atoms with van der Waals surface area (Å²) in [7, 11) is 0. The van der Waals surface area contributed by atoms with E-state index >= 15 is 0 Å². The van der Waals surface area contributed by atoms with Gasteiger partial charge in [0.05, 0.1) is 12.7 Å². The molecule has 0 fully saturated rings. The molecule has 0 radical (unpaired) electrons. The van der Waals surface area contributed by atoms with E-state index in [9.17, 15) is 22.8 Å². The van der Waals surface area contributed by atoms with Crippen molar-refractivity contribution in [1.29, 1.82) is 0 Å². The van der Waals surface area contributed by atoms with Gasteiger partial charge >= 0.3 is 12.5 Å². The van der Waals surface area contributed by atoms with E-state index in [1.54, 1.807) is 32.9 Å². The van der Waals surface area contributed by atoms with Gasteiger partial charge in [-0.25, -0.2) is 4.79 Å². The molecule has 1 amide bonds. The fourth-order valence-electron chi connectivity index (χ4n) is 3.13. The Balaban J connectivity index is 2.86. The molecule has 31 heavy (non-hydrogen) atoms. The van der Waals surface area contributed by atoms with Gasteiger partial charge in [0.1, 0.15) is 23.2 Å². The minimum absolute atomic E-state index is 0.0886. The van der Waals surface area contributed by atoms with Gasteiger partial charge in [-0.15, -0.1) is 13.2 Å². The molecule has 3 atom stereocenters. The third kappa shape index (κ3) is 9.59. The predicted octanol–water partition coefficient (Wildman–Crippen LogP) is 5.21. The molecular formula is C22H32F3NO5. The first kappa shape index (κ1) is 26.7. The number of halogens is 3. The number of carbonyl (C=O) groups excluding carboxylic acids is 2. The van der Waals surface area contributed by atoms with Crippen LogP contribution in [0.3, 0.4) is 0 Å². The van der Waals surface area contributed by atoms with E-state index in [2.05, 4.69) is 10.1 Å². The van der Waals surface area contributed by atoms with Crippen LogP contribution < -0.4 is 10.1 Å². The molecule has 6 nitrogen and oxygen atoms in total. The highest BCUT2D eigenvalue weighted by Crippen LogP contribution is 2.32. The lowest BCUT2D eigenvalue weighted by molar-refractivity contribution is -0.274. The Labute approximate surface area is 181 Å². The maximum absolute atomic E-state index is 12.4. The third-order valence-electron chi connectivity index (χ3n) is 4.42. The van der Waals surface area contributed by atoms with Crippen LogP contribution in [0.15, 0.2) is 24.3 Å². The third-order valence-corrected chi connectivity index (χ3v) is 4.42. The van der Waals surface area contributed by atoms with E-state index in [1.165, 1.54) is 19.1 Å². The van der Waals surface area contributed by atoms with E-state index in [0.717, 1.165) is 5.56 Å². The Bertz CT molecular complexity index is 728. The fourth-order valence-corrected chi connectivity index (χ4v) is 3.13. The number of nitrogens with one attached hydrogen (secondary N) is 1. The summed E-state index contributed by atoms with van der Waals surface area (Å²) in [5.74, 6) is -0.384. The van der Waals surface area contributed by atoms with Crippen molar-refractivity contribution in [3.05, 3.63) is 29.8 Å². The highest BCUT2D eigenvalue weighted by molar-refractivity contribution is 5.76. The average Bonchev–Trinajstić information content (AvgIpc) is 2.58. The monoisotopic (exact) mass is 447 g/mol. The van der Waals surface area contributed by atoms with Crippen molar-refractivity contribution in [2.45, 2.75) is 78.0 Å². The quantitative estimate of drug-likeness (QED) is 0.526. The summed E-state index contributed by atoms with van der Waals surface area (Å²) < 4.78 is 52.1. The topological polar surface area (TPSA) is 73.9 Å². The number of aldehydes is 1. The Hall–Kier alpha value is -2.29. The van der Waals surface area contributed by atoms with Crippen molar-refractivity contribution < 1.29 is 37.0 Å². The minimum atomic E-state index is -4.75. The molecule has 0 aliphatic carbocycles. The van der Waals surface area contributed by atoms with Gasteiger partial charge in [-0.05, 0) is 58.2 Å². The zero-order valence-electron chi connectivity index (χ0n) is 19.0. The normalized spacial score (nSPS) is 16.2. The second-order valence-electron chi connectivity index (χ2n) is 9.06. The summed E-state index contributed by atoms with van der Waals surface area (Å²) in [4.78, 5) is 23.6. The Kier molecular flexibility index (Phi) is 8.93. The van der Waals surface area contributed by atoms with Gasteiger partial charge in [-0.3, -0.25) is 0 Å². The molecule has 0 bridgehead atoms. The molecular weight excluding hydrogens is 415 g/mol. The summed E-state index contributed by atoms with van der Waals surface area (Å²) in [6, 6.07) is 5.63. The zero-order chi connectivity index (χ0) is 24.0. The molecule has 176 valence electrons. The summed E-state index contributed by atoms with van der Waals surface area (Å²) in [6.07, 6.45) is -5.30. The summed E-state index contributed by atoms with van der Waals surface area (Å²) >= 11 is 0. The van der Waals surface area contributed by atoms with Gasteiger partial charge in [-0.2, -0.15) is 0 Å². The molecule has 1 rings (SSSR count). The van der Waals surface area contributed by atoms with Gasteiger partial charge in [0.25, 0.3) is 0 Å². The van der Waals surface area contributed by atoms with E-state index in [-0.39, 0.29) is 24.2 Å². The number of rotatable bonds is 9. The van der Waals surface area contributed by atoms with Crippen molar-refractivity contribution in [3.8, 4) is 5.75 Å². The maximum atomic E-state index is 12.4. The summed E-state index contributed by atoms with van der Waals surface area (Å²) in [5, 5.41) is 2.51. The standard InChI is InChI=1S/C22H32F3NO5/c1-14(2)18(16-8-10-17(11-9-16)30-22(23,24)25)15(3)29-13-21(7,12-27)26-19(28)31-20(4,5)6/h8-12,14-15,18H,13H2,1-7H3,(H,26,28)/t15-,18+,21-/m0/s1. The van der Waals surface area contributed by atoms with E-state index in [4.69, 9.17) is 9.47 Å². The second-order valence-corrected chi connectivity index (χ2v) is 9.06. The first-order chi connectivity index (χ1) is 14.1. The Morgan fingerprint density at radius 2 is 1.61 bits per heavy atom. The zero-order valence-corrected chi connectivity index (χ0v) is 19.0. The molecule has 0 aliphatic rings. The first-order valence-corrected chi connectivity index (χ1v) is 10.00. The highest BCUT2D eigenvalue weighted by atomic mass is 19.4. The van der Waals surface area contributed by atoms with Crippen molar-refractivity contribution in [1.82, 2.24) is 5.32 Å². The van der Waals surface area contributed by atoms with E-state index in [1.807, 2.05) is 20.8 Å². The summed E-state index contributed by atoms with van der Waals surface area (Å²) in [6.45, 7) is 12.3. The number of alkyl carbamates (subject to hydrolysis) is 1. The van der Waals surface area contributed by atoms with Crippen LogP contribution in [-0.2, 0) is 14.3 Å². The van der Waals surface area contributed by atoms with Crippen LogP contribution in [-0.4, -0.2) is 42.6 Å². The average molecular weight is 447 g/mol. The number of hydrogen-bond donors (Lipinski definition) is 1. The lowest BCUT2D eigenvalue weighted by Crippen LogP contribution is -2.53. The molecule has 0 spiro atoms. The van der Waals surface area contributed by atoms with Crippen LogP contribution in [0.5, 0.6) is 5.75 Å². The molecule has 1 aromatic carbocycles. The first-order valence-electron chi connectivity index (χ1n) is 10.00. The maximum Gasteiger partial charge on any atom is 0.573 e. The van der Waals surface area contributed by atoms with Crippen LogP contribution in [0, 0.1) is 5.92 Å². The molecule has 0 aromatic heterocycles. The molecule has 1 aromatic rings. The van der Waals surface area contributed by atoms with E-state index in [0.29, 0.717) is 6.29 Å². The van der Waals surface area contributed by atoms with Gasteiger partial charge in [0.2, 0.25) is 0 Å². The van der Waals surface area contributed by atoms with Gasteiger partial charge in [-0.1, -0.05) is 26.0 Å². The van der Waals surface area contributed by atoms with Crippen LogP contribution in [0.25, 0.3) is 0 Å². The lowest BCUT2D eigenvalue weighted by Gasteiger charge is -2.32. The smallest absolute Gasteiger partial charge is 0.444 e. The lowest BCUT2D eigenvalue weighted by atomic mass is 9.84. The van der Waals surface area contributed by atoms with Crippen molar-refractivity contribution in [2.75, 3.05) is 6.61 Å². The van der Waals surface area contributed by atoms with Crippen LogP contribution in [0.1, 0.15) is 59.9 Å². The minimum Gasteiger partial charge on any atom is -0.444 e. The van der Waals surface area contributed by atoms with Crippen molar-refractivity contribution in [3.63, 3.8) is 0 Å². The number of carbonyl (C=O) groups is 2. The van der Waals surface area contributed by atoms with Crippen molar-refractivity contribution >= 4 is 12.4 Å². The predicted molar refractivity (Wildman–Crippen MR) is 110 cm³/mol. The highest BCUT2D eigenvalue weighted by Gasteiger charge is 2.33. The number of benzene rings is 1. The molecule has 0 saturated heterocycles.